The molecule has 0 spiro atoms. The van der Waals surface area contributed by atoms with Crippen molar-refractivity contribution in [3.8, 4) is 0 Å². The topological polar surface area (TPSA) is 36.1 Å². The van der Waals surface area contributed by atoms with Crippen molar-refractivity contribution in [2.45, 2.75) is 51.5 Å². The molecule has 1 aromatic rings. The van der Waals surface area contributed by atoms with Gasteiger partial charge in [0.05, 0.1) is 5.41 Å². The van der Waals surface area contributed by atoms with Crippen LogP contribution in [0.4, 0.5) is 0 Å². The van der Waals surface area contributed by atoms with Crippen molar-refractivity contribution >= 4 is 5.91 Å². The Kier molecular flexibility index (Phi) is 2.43. The molecule has 1 aliphatic heterocycles. The van der Waals surface area contributed by atoms with Crippen molar-refractivity contribution in [3.05, 3.63) is 23.5 Å². The van der Waals surface area contributed by atoms with E-state index in [4.69, 9.17) is 0 Å². The molecule has 3 nitrogen and oxygen atoms in total. The van der Waals surface area contributed by atoms with Gasteiger partial charge in [0.1, 0.15) is 0 Å². The zero-order valence-corrected chi connectivity index (χ0v) is 12.6. The van der Waals surface area contributed by atoms with E-state index in [0.717, 1.165) is 37.3 Å². The highest BCUT2D eigenvalue weighted by Crippen LogP contribution is 2.60. The van der Waals surface area contributed by atoms with Crippen LogP contribution in [0.1, 0.15) is 49.8 Å². The molecule has 3 heteroatoms. The van der Waals surface area contributed by atoms with Crippen LogP contribution in [-0.4, -0.2) is 22.3 Å². The van der Waals surface area contributed by atoms with Crippen molar-refractivity contribution < 1.29 is 4.79 Å². The first kappa shape index (κ1) is 12.3. The molecule has 4 bridgehead atoms. The number of hydrogen-bond acceptors (Lipinski definition) is 1. The van der Waals surface area contributed by atoms with Gasteiger partial charge in [-0.05, 0) is 67.9 Å². The molecular formula is C18H24N2O. The Morgan fingerprint density at radius 1 is 1.14 bits per heavy atom. The van der Waals surface area contributed by atoms with Gasteiger partial charge in [0.2, 0.25) is 5.91 Å². The first-order chi connectivity index (χ1) is 10.2. The van der Waals surface area contributed by atoms with Crippen molar-refractivity contribution in [1.82, 2.24) is 9.88 Å². The van der Waals surface area contributed by atoms with Crippen LogP contribution in [0.3, 0.4) is 0 Å². The zero-order chi connectivity index (χ0) is 14.0. The minimum absolute atomic E-state index is 0.0303. The standard InChI is InChI=1S/C18H24N2O/c21-17(20-4-2-16-15(11-20)1-3-19-16)18-8-12-5-13(9-18)7-14(6-12)10-18/h1,3,12-14,19H,2,4-11H2. The third kappa shape index (κ3) is 1.75. The lowest BCUT2D eigenvalue weighted by atomic mass is 9.49. The largest absolute Gasteiger partial charge is 0.365 e. The van der Waals surface area contributed by atoms with Crippen LogP contribution in [0.25, 0.3) is 0 Å². The molecule has 0 radical (unpaired) electrons. The normalized spacial score (nSPS) is 40.4. The maximum atomic E-state index is 13.3. The lowest BCUT2D eigenvalue weighted by Crippen LogP contribution is -2.55. The molecule has 112 valence electrons. The van der Waals surface area contributed by atoms with E-state index in [1.54, 1.807) is 0 Å². The zero-order valence-electron chi connectivity index (χ0n) is 12.6. The third-order valence-electron chi connectivity index (χ3n) is 6.70. The molecule has 4 aliphatic carbocycles. The monoisotopic (exact) mass is 284 g/mol. The summed E-state index contributed by atoms with van der Waals surface area (Å²) >= 11 is 0. The number of hydrogen-bond donors (Lipinski definition) is 1. The minimum Gasteiger partial charge on any atom is -0.365 e. The summed E-state index contributed by atoms with van der Waals surface area (Å²) in [6.45, 7) is 1.74. The number of aromatic nitrogens is 1. The van der Waals surface area contributed by atoms with Crippen molar-refractivity contribution in [3.63, 3.8) is 0 Å². The summed E-state index contributed by atoms with van der Waals surface area (Å²) < 4.78 is 0. The summed E-state index contributed by atoms with van der Waals surface area (Å²) in [6, 6.07) is 2.15. The van der Waals surface area contributed by atoms with E-state index in [0.29, 0.717) is 5.91 Å². The molecule has 0 unspecified atom stereocenters. The summed E-state index contributed by atoms with van der Waals surface area (Å²) in [4.78, 5) is 18.8. The first-order valence-corrected chi connectivity index (χ1v) is 8.66. The van der Waals surface area contributed by atoms with Crippen LogP contribution in [0.15, 0.2) is 12.3 Å². The smallest absolute Gasteiger partial charge is 0.229 e. The summed E-state index contributed by atoms with van der Waals surface area (Å²) in [5.41, 5.74) is 2.70. The van der Waals surface area contributed by atoms with E-state index in [1.807, 2.05) is 6.20 Å². The molecule has 1 aromatic heterocycles. The molecular weight excluding hydrogens is 260 g/mol. The Morgan fingerprint density at radius 3 is 2.48 bits per heavy atom. The number of amides is 1. The van der Waals surface area contributed by atoms with Crippen molar-refractivity contribution in [2.24, 2.45) is 23.2 Å². The fourth-order valence-electron chi connectivity index (χ4n) is 6.23. The molecule has 5 aliphatic rings. The van der Waals surface area contributed by atoms with Crippen LogP contribution in [0, 0.1) is 23.2 Å². The number of nitrogens with zero attached hydrogens (tertiary/aromatic N) is 1. The lowest BCUT2D eigenvalue weighted by molar-refractivity contribution is -0.158. The summed E-state index contributed by atoms with van der Waals surface area (Å²) in [5, 5.41) is 0. The fourth-order valence-corrected chi connectivity index (χ4v) is 6.23. The molecule has 0 aromatic carbocycles. The predicted molar refractivity (Wildman–Crippen MR) is 80.5 cm³/mol. The maximum Gasteiger partial charge on any atom is 0.229 e. The van der Waals surface area contributed by atoms with Gasteiger partial charge in [-0.15, -0.1) is 0 Å². The first-order valence-electron chi connectivity index (χ1n) is 8.66. The quantitative estimate of drug-likeness (QED) is 0.845. The average molecular weight is 284 g/mol. The Bertz CT molecular complexity index is 553. The highest BCUT2D eigenvalue weighted by Gasteiger charge is 2.55. The number of carbonyl (C=O) groups excluding carboxylic acids is 1. The van der Waals surface area contributed by atoms with Crippen LogP contribution in [-0.2, 0) is 17.8 Å². The van der Waals surface area contributed by atoms with E-state index in [1.165, 1.54) is 49.8 Å². The van der Waals surface area contributed by atoms with E-state index >= 15 is 0 Å². The van der Waals surface area contributed by atoms with Gasteiger partial charge in [-0.3, -0.25) is 4.79 Å². The molecule has 4 fully saturated rings. The molecule has 1 amide bonds. The number of fused-ring (bicyclic) bond motifs is 1. The second-order valence-corrected chi connectivity index (χ2v) is 8.16. The summed E-state index contributed by atoms with van der Waals surface area (Å²) in [5.74, 6) is 3.06. The summed E-state index contributed by atoms with van der Waals surface area (Å²) in [6.07, 6.45) is 10.8. The van der Waals surface area contributed by atoms with Gasteiger partial charge in [0.25, 0.3) is 0 Å². The Labute approximate surface area is 126 Å². The van der Waals surface area contributed by atoms with Gasteiger partial charge in [-0.25, -0.2) is 0 Å². The number of rotatable bonds is 1. The molecule has 6 rings (SSSR count). The Morgan fingerprint density at radius 2 is 1.81 bits per heavy atom. The van der Waals surface area contributed by atoms with Gasteiger partial charge in [0.15, 0.2) is 0 Å². The third-order valence-corrected chi connectivity index (χ3v) is 6.70. The second kappa shape index (κ2) is 4.15. The lowest BCUT2D eigenvalue weighted by Gasteiger charge is -2.56. The fraction of sp³-hybridized carbons (Fsp3) is 0.722. The maximum absolute atomic E-state index is 13.3. The molecule has 0 saturated heterocycles. The number of carbonyl (C=O) groups is 1. The van der Waals surface area contributed by atoms with Crippen molar-refractivity contribution in [2.75, 3.05) is 6.54 Å². The number of nitrogens with one attached hydrogen (secondary N) is 1. The Balaban J connectivity index is 1.42. The summed E-state index contributed by atoms with van der Waals surface area (Å²) in [7, 11) is 0. The van der Waals surface area contributed by atoms with Gasteiger partial charge >= 0.3 is 0 Å². The molecule has 0 atom stereocenters. The van der Waals surface area contributed by atoms with Crippen LogP contribution in [0.2, 0.25) is 0 Å². The average Bonchev–Trinajstić information content (AvgIpc) is 2.92. The second-order valence-electron chi connectivity index (χ2n) is 8.16. The van der Waals surface area contributed by atoms with E-state index in [-0.39, 0.29) is 5.41 Å². The molecule has 4 saturated carbocycles. The van der Waals surface area contributed by atoms with Crippen molar-refractivity contribution in [1.29, 1.82) is 0 Å². The minimum atomic E-state index is 0.0303. The van der Waals surface area contributed by atoms with E-state index < -0.39 is 0 Å². The van der Waals surface area contributed by atoms with Crippen LogP contribution in [0.5, 0.6) is 0 Å². The van der Waals surface area contributed by atoms with Gasteiger partial charge in [-0.2, -0.15) is 0 Å². The van der Waals surface area contributed by atoms with Crippen LogP contribution < -0.4 is 0 Å². The number of H-pyrrole nitrogens is 1. The highest BCUT2D eigenvalue weighted by atomic mass is 16.2. The highest BCUT2D eigenvalue weighted by molar-refractivity contribution is 5.83. The SMILES string of the molecule is O=C(N1CCc2[nH]ccc2C1)C12CC3CC(CC(C3)C1)C2. The molecule has 2 heterocycles. The van der Waals surface area contributed by atoms with Gasteiger partial charge in [0, 0.05) is 31.4 Å². The van der Waals surface area contributed by atoms with Crippen LogP contribution >= 0.6 is 0 Å². The Hall–Kier alpha value is -1.25. The van der Waals surface area contributed by atoms with E-state index in [2.05, 4.69) is 16.0 Å². The van der Waals surface area contributed by atoms with Gasteiger partial charge in [-0.1, -0.05) is 0 Å². The van der Waals surface area contributed by atoms with E-state index in [9.17, 15) is 4.79 Å². The predicted octanol–water partition coefficient (Wildman–Crippen LogP) is 3.12. The molecule has 1 N–H and O–H groups in total. The van der Waals surface area contributed by atoms with Gasteiger partial charge < -0.3 is 9.88 Å². The molecule has 21 heavy (non-hydrogen) atoms. The number of aromatic amines is 1.